The topological polar surface area (TPSA) is 71.3 Å². The molecule has 140 valence electrons. The fraction of sp³-hybridized carbons (Fsp3) is 0.286. The lowest BCUT2D eigenvalue weighted by Gasteiger charge is -2.14. The number of rotatable bonds is 8. The first-order chi connectivity index (χ1) is 13.1. The second kappa shape index (κ2) is 9.09. The Morgan fingerprint density at radius 3 is 2.59 bits per heavy atom. The number of nitrogens with one attached hydrogen (secondary N) is 1. The SMILES string of the molecule is CC(Cc1ccncc1)NC(=O)c1cc(CN(C)Cc2ccccc2)on1. The number of carbonyl (C=O) groups excluding carboxylic acids is 1. The van der Waals surface area contributed by atoms with Gasteiger partial charge in [0.1, 0.15) is 0 Å². The highest BCUT2D eigenvalue weighted by Gasteiger charge is 2.16. The van der Waals surface area contributed by atoms with Crippen LogP contribution >= 0.6 is 0 Å². The van der Waals surface area contributed by atoms with Gasteiger partial charge in [-0.3, -0.25) is 14.7 Å². The molecule has 6 nitrogen and oxygen atoms in total. The van der Waals surface area contributed by atoms with Crippen LogP contribution in [0.15, 0.2) is 65.4 Å². The number of hydrogen-bond acceptors (Lipinski definition) is 5. The molecule has 27 heavy (non-hydrogen) atoms. The van der Waals surface area contributed by atoms with Gasteiger partial charge in [-0.2, -0.15) is 0 Å². The maximum Gasteiger partial charge on any atom is 0.273 e. The Kier molecular flexibility index (Phi) is 6.33. The maximum absolute atomic E-state index is 12.4. The van der Waals surface area contributed by atoms with Gasteiger partial charge in [0, 0.05) is 31.0 Å². The Morgan fingerprint density at radius 2 is 1.85 bits per heavy atom. The second-order valence-corrected chi connectivity index (χ2v) is 6.77. The molecule has 1 aromatic carbocycles. The molecule has 0 saturated heterocycles. The largest absolute Gasteiger partial charge is 0.359 e. The van der Waals surface area contributed by atoms with Crippen molar-refractivity contribution in [3.8, 4) is 0 Å². The van der Waals surface area contributed by atoms with Gasteiger partial charge in [0.05, 0.1) is 6.54 Å². The number of benzene rings is 1. The van der Waals surface area contributed by atoms with Gasteiger partial charge >= 0.3 is 0 Å². The quantitative estimate of drug-likeness (QED) is 0.665. The van der Waals surface area contributed by atoms with E-state index in [-0.39, 0.29) is 11.9 Å². The number of pyridine rings is 1. The van der Waals surface area contributed by atoms with E-state index in [1.165, 1.54) is 5.56 Å². The molecule has 2 heterocycles. The molecule has 0 saturated carbocycles. The van der Waals surface area contributed by atoms with E-state index < -0.39 is 0 Å². The Balaban J connectivity index is 1.51. The summed E-state index contributed by atoms with van der Waals surface area (Å²) in [7, 11) is 2.01. The van der Waals surface area contributed by atoms with E-state index in [2.05, 4.69) is 32.5 Å². The molecule has 6 heteroatoms. The molecule has 0 bridgehead atoms. The summed E-state index contributed by atoms with van der Waals surface area (Å²) in [6.07, 6.45) is 4.23. The van der Waals surface area contributed by atoms with E-state index in [1.54, 1.807) is 18.5 Å². The zero-order valence-electron chi connectivity index (χ0n) is 15.6. The summed E-state index contributed by atoms with van der Waals surface area (Å²) < 4.78 is 5.33. The average molecular weight is 364 g/mol. The summed E-state index contributed by atoms with van der Waals surface area (Å²) in [5.74, 6) is 0.442. The molecule has 3 aromatic rings. The van der Waals surface area contributed by atoms with Crippen LogP contribution in [0.2, 0.25) is 0 Å². The monoisotopic (exact) mass is 364 g/mol. The van der Waals surface area contributed by atoms with Gasteiger partial charge in [-0.1, -0.05) is 35.5 Å². The van der Waals surface area contributed by atoms with Crippen LogP contribution in [0.1, 0.15) is 34.3 Å². The summed E-state index contributed by atoms with van der Waals surface area (Å²) in [5, 5.41) is 6.87. The van der Waals surface area contributed by atoms with E-state index in [0.717, 1.165) is 18.5 Å². The molecule has 0 radical (unpaired) electrons. The minimum Gasteiger partial charge on any atom is -0.359 e. The first kappa shape index (κ1) is 18.8. The number of nitrogens with zero attached hydrogens (tertiary/aromatic N) is 3. The minimum absolute atomic E-state index is 0.0131. The predicted octanol–water partition coefficient (Wildman–Crippen LogP) is 3.06. The molecule has 0 fully saturated rings. The van der Waals surface area contributed by atoms with E-state index >= 15 is 0 Å². The number of aromatic nitrogens is 2. The third-order valence-corrected chi connectivity index (χ3v) is 4.18. The summed E-state index contributed by atoms with van der Waals surface area (Å²) >= 11 is 0. The van der Waals surface area contributed by atoms with Crippen LogP contribution in [0.5, 0.6) is 0 Å². The molecule has 1 unspecified atom stereocenters. The van der Waals surface area contributed by atoms with Gasteiger partial charge in [0.25, 0.3) is 5.91 Å². The standard InChI is InChI=1S/C21H24N4O2/c1-16(12-17-8-10-22-11-9-17)23-21(26)20-13-19(27-24-20)15-25(2)14-18-6-4-3-5-7-18/h3-11,13,16H,12,14-15H2,1-2H3,(H,23,26). The first-order valence-electron chi connectivity index (χ1n) is 8.98. The molecule has 0 aliphatic carbocycles. The summed E-state index contributed by atoms with van der Waals surface area (Å²) in [6.45, 7) is 3.35. The van der Waals surface area contributed by atoms with Crippen LogP contribution < -0.4 is 5.32 Å². The molecule has 0 aliphatic rings. The summed E-state index contributed by atoms with van der Waals surface area (Å²) in [6, 6.07) is 15.8. The Bertz CT molecular complexity index is 849. The van der Waals surface area contributed by atoms with Crippen LogP contribution in [0, 0.1) is 0 Å². The van der Waals surface area contributed by atoms with Crippen molar-refractivity contribution in [2.75, 3.05) is 7.05 Å². The van der Waals surface area contributed by atoms with Crippen LogP contribution in [-0.4, -0.2) is 34.0 Å². The number of carbonyl (C=O) groups is 1. The van der Waals surface area contributed by atoms with Crippen LogP contribution in [0.4, 0.5) is 0 Å². The lowest BCUT2D eigenvalue weighted by atomic mass is 10.1. The third kappa shape index (κ3) is 5.76. The van der Waals surface area contributed by atoms with Gasteiger partial charge in [-0.15, -0.1) is 0 Å². The van der Waals surface area contributed by atoms with Crippen LogP contribution in [0.25, 0.3) is 0 Å². The summed E-state index contributed by atoms with van der Waals surface area (Å²) in [4.78, 5) is 18.5. The predicted molar refractivity (Wildman–Crippen MR) is 103 cm³/mol. The van der Waals surface area contributed by atoms with Crippen LogP contribution in [0.3, 0.4) is 0 Å². The van der Waals surface area contributed by atoms with E-state index in [0.29, 0.717) is 18.0 Å². The lowest BCUT2D eigenvalue weighted by Crippen LogP contribution is -2.34. The Hall–Kier alpha value is -2.99. The Morgan fingerprint density at radius 1 is 1.11 bits per heavy atom. The fourth-order valence-corrected chi connectivity index (χ4v) is 2.93. The second-order valence-electron chi connectivity index (χ2n) is 6.77. The number of hydrogen-bond donors (Lipinski definition) is 1. The van der Waals surface area contributed by atoms with Gasteiger partial charge < -0.3 is 9.84 Å². The molecular formula is C21H24N4O2. The van der Waals surface area contributed by atoms with Gasteiger partial charge in [0.15, 0.2) is 11.5 Å². The van der Waals surface area contributed by atoms with Crippen molar-refractivity contribution in [3.05, 3.63) is 83.5 Å². The maximum atomic E-state index is 12.4. The van der Waals surface area contributed by atoms with E-state index in [1.807, 2.05) is 44.3 Å². The van der Waals surface area contributed by atoms with Gasteiger partial charge in [-0.25, -0.2) is 0 Å². The lowest BCUT2D eigenvalue weighted by molar-refractivity contribution is 0.0931. The highest BCUT2D eigenvalue weighted by atomic mass is 16.5. The molecular weight excluding hydrogens is 340 g/mol. The molecule has 0 spiro atoms. The van der Waals surface area contributed by atoms with Gasteiger partial charge in [-0.05, 0) is 43.7 Å². The minimum atomic E-state index is -0.225. The molecule has 1 N–H and O–H groups in total. The normalized spacial score (nSPS) is 12.1. The fourth-order valence-electron chi connectivity index (χ4n) is 2.93. The van der Waals surface area contributed by atoms with Crippen molar-refractivity contribution >= 4 is 5.91 Å². The highest BCUT2D eigenvalue weighted by molar-refractivity contribution is 5.92. The summed E-state index contributed by atoms with van der Waals surface area (Å²) in [5.41, 5.74) is 2.66. The zero-order valence-corrected chi connectivity index (χ0v) is 15.6. The number of amides is 1. The van der Waals surface area contributed by atoms with Crippen molar-refractivity contribution in [2.24, 2.45) is 0 Å². The van der Waals surface area contributed by atoms with Gasteiger partial charge in [0.2, 0.25) is 0 Å². The molecule has 2 aromatic heterocycles. The van der Waals surface area contributed by atoms with Crippen molar-refractivity contribution < 1.29 is 9.32 Å². The molecule has 0 aliphatic heterocycles. The van der Waals surface area contributed by atoms with Crippen molar-refractivity contribution in [2.45, 2.75) is 32.5 Å². The first-order valence-corrected chi connectivity index (χ1v) is 8.98. The smallest absolute Gasteiger partial charge is 0.273 e. The average Bonchev–Trinajstić information content (AvgIpc) is 3.11. The van der Waals surface area contributed by atoms with E-state index in [9.17, 15) is 4.79 Å². The molecule has 1 amide bonds. The highest BCUT2D eigenvalue weighted by Crippen LogP contribution is 2.10. The zero-order chi connectivity index (χ0) is 19.1. The molecule has 1 atom stereocenters. The van der Waals surface area contributed by atoms with Crippen molar-refractivity contribution in [3.63, 3.8) is 0 Å². The molecule has 3 rings (SSSR count). The Labute approximate surface area is 159 Å². The van der Waals surface area contributed by atoms with E-state index in [4.69, 9.17) is 4.52 Å². The van der Waals surface area contributed by atoms with Crippen molar-refractivity contribution in [1.82, 2.24) is 20.4 Å². The van der Waals surface area contributed by atoms with Crippen molar-refractivity contribution in [1.29, 1.82) is 0 Å². The third-order valence-electron chi connectivity index (χ3n) is 4.18. The van der Waals surface area contributed by atoms with Crippen LogP contribution in [-0.2, 0) is 19.5 Å².